The first-order valence-corrected chi connectivity index (χ1v) is 15.2. The van der Waals surface area contributed by atoms with Crippen LogP contribution in [-0.4, -0.2) is 86.3 Å². The summed E-state index contributed by atoms with van der Waals surface area (Å²) in [6.45, 7) is 8.73. The van der Waals surface area contributed by atoms with Crippen LogP contribution in [0.3, 0.4) is 0 Å². The molecular weight excluding hydrogens is 560 g/mol. The number of carbonyl (C=O) groups is 4. The molecule has 2 aliphatic heterocycles. The zero-order chi connectivity index (χ0) is 31.5. The SMILES string of the molecule is CC(=O)OC[C@]12CC[C@H]3[C@@H](C[C@@H](OC(C)=O)[C@]45O[C@H]4C=CC(=O)[C@]35C)[C@]1(O)CC[C@@]2(O)[C@@](C)(O)C1CC(C)=C(C)C(=O)O1. The van der Waals surface area contributed by atoms with Gasteiger partial charge in [0.05, 0.1) is 16.4 Å². The van der Waals surface area contributed by atoms with Crippen molar-refractivity contribution in [2.75, 3.05) is 6.61 Å². The van der Waals surface area contributed by atoms with E-state index in [1.54, 1.807) is 19.9 Å². The second kappa shape index (κ2) is 9.22. The number of rotatable bonds is 5. The molecular formula is C32H42O11. The van der Waals surface area contributed by atoms with Crippen LogP contribution in [0, 0.1) is 22.7 Å². The van der Waals surface area contributed by atoms with Gasteiger partial charge in [-0.05, 0) is 83.8 Å². The van der Waals surface area contributed by atoms with Crippen LogP contribution >= 0.6 is 0 Å². The first-order valence-electron chi connectivity index (χ1n) is 15.2. The predicted octanol–water partition coefficient (Wildman–Crippen LogP) is 1.84. The van der Waals surface area contributed by atoms with E-state index < -0.39 is 87.9 Å². The molecule has 11 heteroatoms. The average molecular weight is 603 g/mol. The standard InChI is InChI=1S/C32H42O11/c1-16-13-24(42-26(36)17(16)2)28(6,37)31(39)12-11-30(38)21-14-25(41-19(4)34)32-23(43-32)8-7-22(35)27(32,5)20(21)9-10-29(30,31)15-40-18(3)33/h7-8,20-21,23-25,37-39H,9-15H2,1-6H3/t20-,21+,23-,24?,25+,27-,28-,29+,30+,31+,32+/m0/s1. The van der Waals surface area contributed by atoms with Crippen molar-refractivity contribution >= 4 is 23.7 Å². The first kappa shape index (κ1) is 30.4. The second-order valence-corrected chi connectivity index (χ2v) is 14.1. The number of esters is 3. The second-order valence-electron chi connectivity index (χ2n) is 14.1. The fourth-order valence-corrected chi connectivity index (χ4v) is 10.0. The lowest BCUT2D eigenvalue weighted by Gasteiger charge is -2.65. The normalized spacial score (nSPS) is 47.8. The lowest BCUT2D eigenvalue weighted by Crippen LogP contribution is -2.76. The fourth-order valence-electron chi connectivity index (χ4n) is 10.0. The fraction of sp³-hybridized carbons (Fsp3) is 0.750. The zero-order valence-electron chi connectivity index (χ0n) is 25.6. The van der Waals surface area contributed by atoms with Crippen molar-refractivity contribution in [3.63, 3.8) is 0 Å². The summed E-state index contributed by atoms with van der Waals surface area (Å²) in [7, 11) is 0. The summed E-state index contributed by atoms with van der Waals surface area (Å²) in [6.07, 6.45) is 1.46. The number of ketones is 1. The molecule has 0 amide bonds. The van der Waals surface area contributed by atoms with Gasteiger partial charge in [-0.25, -0.2) is 4.79 Å². The van der Waals surface area contributed by atoms with E-state index in [0.29, 0.717) is 17.6 Å². The third-order valence-electron chi connectivity index (χ3n) is 12.6. The van der Waals surface area contributed by atoms with Gasteiger partial charge in [0.2, 0.25) is 0 Å². The van der Waals surface area contributed by atoms with Crippen LogP contribution in [0.5, 0.6) is 0 Å². The Labute approximate surface area is 250 Å². The lowest BCUT2D eigenvalue weighted by molar-refractivity contribution is -0.303. The van der Waals surface area contributed by atoms with Gasteiger partial charge in [0.15, 0.2) is 5.78 Å². The molecule has 0 aromatic heterocycles. The summed E-state index contributed by atoms with van der Waals surface area (Å²) in [5, 5.41) is 38.0. The topological polar surface area (TPSA) is 169 Å². The van der Waals surface area contributed by atoms with Crippen LogP contribution in [-0.2, 0) is 38.1 Å². The van der Waals surface area contributed by atoms with E-state index in [1.165, 1.54) is 26.8 Å². The minimum absolute atomic E-state index is 0.000778. The van der Waals surface area contributed by atoms with Gasteiger partial charge in [-0.15, -0.1) is 0 Å². The number of hydrogen-bond donors (Lipinski definition) is 3. The molecule has 43 heavy (non-hydrogen) atoms. The number of allylic oxidation sites excluding steroid dienone is 1. The maximum absolute atomic E-state index is 13.7. The van der Waals surface area contributed by atoms with Gasteiger partial charge in [0.1, 0.15) is 41.7 Å². The number of ether oxygens (including phenoxy) is 4. The summed E-state index contributed by atoms with van der Waals surface area (Å²) in [6, 6.07) is 0. The van der Waals surface area contributed by atoms with E-state index >= 15 is 0 Å². The smallest absolute Gasteiger partial charge is 0.334 e. The van der Waals surface area contributed by atoms with Crippen molar-refractivity contribution in [3.8, 4) is 0 Å². The van der Waals surface area contributed by atoms with E-state index in [2.05, 4.69) is 0 Å². The third kappa shape index (κ3) is 3.56. The molecule has 6 aliphatic rings. The summed E-state index contributed by atoms with van der Waals surface area (Å²) in [5.74, 6) is -3.07. The van der Waals surface area contributed by atoms with Crippen LogP contribution in [0.1, 0.15) is 80.1 Å². The number of aliphatic hydroxyl groups is 3. The molecule has 0 radical (unpaired) electrons. The molecule has 11 nitrogen and oxygen atoms in total. The third-order valence-corrected chi connectivity index (χ3v) is 12.6. The highest BCUT2D eigenvalue weighted by Crippen LogP contribution is 2.74. The molecule has 11 atom stereocenters. The van der Waals surface area contributed by atoms with Crippen molar-refractivity contribution in [2.24, 2.45) is 22.7 Å². The highest BCUT2D eigenvalue weighted by Gasteiger charge is 2.85. The lowest BCUT2D eigenvalue weighted by atomic mass is 9.41. The molecule has 1 spiro atoms. The highest BCUT2D eigenvalue weighted by atomic mass is 16.7. The molecule has 1 unspecified atom stereocenters. The van der Waals surface area contributed by atoms with Crippen molar-refractivity contribution in [2.45, 2.75) is 121 Å². The summed E-state index contributed by atoms with van der Waals surface area (Å²) >= 11 is 0. The molecule has 0 bridgehead atoms. The molecule has 2 heterocycles. The Morgan fingerprint density at radius 2 is 1.79 bits per heavy atom. The van der Waals surface area contributed by atoms with E-state index in [9.17, 15) is 34.5 Å². The molecule has 4 aliphatic carbocycles. The molecule has 1 saturated heterocycles. The largest absolute Gasteiger partial charge is 0.465 e. The predicted molar refractivity (Wildman–Crippen MR) is 148 cm³/mol. The first-order chi connectivity index (χ1) is 19.9. The number of epoxide rings is 1. The molecule has 0 aromatic carbocycles. The molecule has 6 rings (SSSR count). The molecule has 4 fully saturated rings. The Morgan fingerprint density at radius 1 is 1.09 bits per heavy atom. The summed E-state index contributed by atoms with van der Waals surface area (Å²) in [5.41, 5.74) is -8.56. The molecule has 3 N–H and O–H groups in total. The van der Waals surface area contributed by atoms with E-state index in [1.807, 2.05) is 6.92 Å². The van der Waals surface area contributed by atoms with Crippen molar-refractivity contribution in [3.05, 3.63) is 23.3 Å². The van der Waals surface area contributed by atoms with Crippen LogP contribution in [0.25, 0.3) is 0 Å². The minimum Gasteiger partial charge on any atom is -0.465 e. The molecule has 3 saturated carbocycles. The number of cyclic esters (lactones) is 1. The quantitative estimate of drug-likeness (QED) is 0.238. The van der Waals surface area contributed by atoms with E-state index in [0.717, 1.165) is 0 Å². The van der Waals surface area contributed by atoms with Gasteiger partial charge in [-0.2, -0.15) is 0 Å². The van der Waals surface area contributed by atoms with E-state index in [-0.39, 0.29) is 37.9 Å². The van der Waals surface area contributed by atoms with Crippen molar-refractivity contribution in [1.82, 2.24) is 0 Å². The van der Waals surface area contributed by atoms with Crippen LogP contribution in [0.4, 0.5) is 0 Å². The van der Waals surface area contributed by atoms with Crippen molar-refractivity contribution < 1.29 is 53.4 Å². The minimum atomic E-state index is -2.08. The monoisotopic (exact) mass is 602 g/mol. The van der Waals surface area contributed by atoms with Crippen LogP contribution in [0.15, 0.2) is 23.3 Å². The van der Waals surface area contributed by atoms with Crippen LogP contribution < -0.4 is 0 Å². The van der Waals surface area contributed by atoms with Gasteiger partial charge in [0.25, 0.3) is 0 Å². The average Bonchev–Trinajstić information content (AvgIpc) is 3.62. The molecule has 236 valence electrons. The van der Waals surface area contributed by atoms with E-state index in [4.69, 9.17) is 18.9 Å². The van der Waals surface area contributed by atoms with Crippen molar-refractivity contribution in [1.29, 1.82) is 0 Å². The van der Waals surface area contributed by atoms with Gasteiger partial charge in [-0.1, -0.05) is 5.57 Å². The Balaban J connectivity index is 1.47. The Bertz CT molecular complexity index is 1360. The highest BCUT2D eigenvalue weighted by molar-refractivity contribution is 5.98. The van der Waals surface area contributed by atoms with Gasteiger partial charge >= 0.3 is 17.9 Å². The number of carbonyl (C=O) groups excluding carboxylic acids is 4. The maximum Gasteiger partial charge on any atom is 0.334 e. The summed E-state index contributed by atoms with van der Waals surface area (Å²) in [4.78, 5) is 50.9. The van der Waals surface area contributed by atoms with Crippen LogP contribution in [0.2, 0.25) is 0 Å². The Morgan fingerprint density at radius 3 is 2.42 bits per heavy atom. The van der Waals surface area contributed by atoms with Gasteiger partial charge < -0.3 is 34.3 Å². The maximum atomic E-state index is 13.7. The molecule has 0 aromatic rings. The Kier molecular flexibility index (Phi) is 6.52. The number of fused-ring (bicyclic) bond motifs is 4. The number of hydrogen-bond acceptors (Lipinski definition) is 11. The Hall–Kier alpha value is -2.60. The summed E-state index contributed by atoms with van der Waals surface area (Å²) < 4.78 is 23.2. The zero-order valence-corrected chi connectivity index (χ0v) is 25.6. The van der Waals surface area contributed by atoms with Gasteiger partial charge in [-0.3, -0.25) is 14.4 Å². The van der Waals surface area contributed by atoms with Gasteiger partial charge in [0, 0.05) is 25.8 Å².